The first kappa shape index (κ1) is 18.5. The maximum Gasteiger partial charge on any atom is 0.286 e. The monoisotopic (exact) mass is 384 g/mol. The molecular formula is C13H16N6O6S. The van der Waals surface area contributed by atoms with Crippen LogP contribution in [0, 0.1) is 0 Å². The third-order valence-corrected chi connectivity index (χ3v) is 4.48. The molecule has 0 bridgehead atoms. The molecule has 0 aromatic carbocycles. The minimum atomic E-state index is -1.58. The van der Waals surface area contributed by atoms with Gasteiger partial charge in [-0.15, -0.1) is 0 Å². The molecule has 12 nitrogen and oxygen atoms in total. The number of nitrogens with two attached hydrogens (primary N) is 2. The Morgan fingerprint density at radius 3 is 2.54 bits per heavy atom. The predicted octanol–water partition coefficient (Wildman–Crippen LogP) is -2.80. The van der Waals surface area contributed by atoms with E-state index in [0.717, 1.165) is 16.3 Å². The first-order valence-electron chi connectivity index (χ1n) is 7.36. The highest BCUT2D eigenvalue weighted by Crippen LogP contribution is 2.31. The van der Waals surface area contributed by atoms with Gasteiger partial charge in [0.2, 0.25) is 0 Å². The van der Waals surface area contributed by atoms with Crippen LogP contribution in [0.15, 0.2) is 9.95 Å². The molecular weight excluding hydrogens is 368 g/mol. The first-order valence-corrected chi connectivity index (χ1v) is 8.58. The van der Waals surface area contributed by atoms with Gasteiger partial charge < -0.3 is 31.5 Å². The number of aliphatic hydroxyl groups is 3. The second-order valence-electron chi connectivity index (χ2n) is 5.50. The molecule has 4 atom stereocenters. The number of carbonyl (C=O) groups excluding carboxylic acids is 1. The van der Waals surface area contributed by atoms with Gasteiger partial charge in [0.1, 0.15) is 23.8 Å². The summed E-state index contributed by atoms with van der Waals surface area (Å²) in [5.41, 5.74) is 9.22. The summed E-state index contributed by atoms with van der Waals surface area (Å²) in [6.07, 6.45) is -3.94. The molecule has 3 heterocycles. The average Bonchev–Trinajstić information content (AvgIpc) is 2.88. The number of primary amides is 1. The van der Waals surface area contributed by atoms with Gasteiger partial charge in [-0.25, -0.2) is 15.0 Å². The molecule has 1 aliphatic heterocycles. The van der Waals surface area contributed by atoms with Crippen molar-refractivity contribution in [3.8, 4) is 0 Å². The number of rotatable bonds is 4. The summed E-state index contributed by atoms with van der Waals surface area (Å²) in [5.74, 6) is -1.23. The summed E-state index contributed by atoms with van der Waals surface area (Å²) >= 11 is 1.14. The van der Waals surface area contributed by atoms with Crippen LogP contribution in [0.4, 0.5) is 5.82 Å². The SMILES string of the molecule is CSc1nc(N)c2nc(C(N)=O)c(=O)n(C3OC(CO)[C@@H](O)[C@H]3O)c2n1. The van der Waals surface area contributed by atoms with Gasteiger partial charge in [0.25, 0.3) is 11.5 Å². The highest BCUT2D eigenvalue weighted by Gasteiger charge is 2.45. The molecule has 1 aliphatic rings. The fourth-order valence-corrected chi connectivity index (χ4v) is 3.03. The number of amides is 1. The van der Waals surface area contributed by atoms with Gasteiger partial charge in [0.05, 0.1) is 6.61 Å². The maximum atomic E-state index is 12.7. The van der Waals surface area contributed by atoms with Crippen molar-refractivity contribution in [3.63, 3.8) is 0 Å². The van der Waals surface area contributed by atoms with E-state index >= 15 is 0 Å². The Labute approximate surface area is 149 Å². The smallest absolute Gasteiger partial charge is 0.286 e. The summed E-state index contributed by atoms with van der Waals surface area (Å²) in [4.78, 5) is 36.3. The quantitative estimate of drug-likeness (QED) is 0.269. The topological polar surface area (TPSA) is 200 Å². The largest absolute Gasteiger partial charge is 0.394 e. The van der Waals surface area contributed by atoms with Crippen molar-refractivity contribution in [1.29, 1.82) is 0 Å². The molecule has 0 aliphatic carbocycles. The van der Waals surface area contributed by atoms with Gasteiger partial charge in [0.15, 0.2) is 28.5 Å². The van der Waals surface area contributed by atoms with E-state index in [4.69, 9.17) is 16.2 Å². The summed E-state index contributed by atoms with van der Waals surface area (Å²) in [6.45, 7) is -0.595. The van der Waals surface area contributed by atoms with Gasteiger partial charge in [-0.3, -0.25) is 14.2 Å². The number of nitrogens with zero attached hydrogens (tertiary/aromatic N) is 4. The van der Waals surface area contributed by atoms with Crippen LogP contribution in [0.2, 0.25) is 0 Å². The molecule has 1 fully saturated rings. The number of carbonyl (C=O) groups is 1. The Bertz CT molecular complexity index is 935. The zero-order valence-electron chi connectivity index (χ0n) is 13.4. The molecule has 140 valence electrons. The van der Waals surface area contributed by atoms with E-state index in [0.29, 0.717) is 0 Å². The molecule has 0 spiro atoms. The first-order chi connectivity index (χ1) is 12.3. The number of anilines is 1. The third kappa shape index (κ3) is 2.79. The van der Waals surface area contributed by atoms with E-state index in [1.807, 2.05) is 0 Å². The summed E-state index contributed by atoms with van der Waals surface area (Å²) in [6, 6.07) is 0. The summed E-state index contributed by atoms with van der Waals surface area (Å²) < 4.78 is 6.22. The Hall–Kier alpha value is -2.32. The fourth-order valence-electron chi connectivity index (χ4n) is 2.67. The van der Waals surface area contributed by atoms with Crippen molar-refractivity contribution >= 4 is 34.7 Å². The number of thioether (sulfide) groups is 1. The Morgan fingerprint density at radius 2 is 2.00 bits per heavy atom. The average molecular weight is 384 g/mol. The van der Waals surface area contributed by atoms with Gasteiger partial charge in [-0.2, -0.15) is 0 Å². The zero-order valence-corrected chi connectivity index (χ0v) is 14.3. The fraction of sp³-hybridized carbons (Fsp3) is 0.462. The number of aromatic nitrogens is 4. The number of hydrogen-bond donors (Lipinski definition) is 5. The minimum absolute atomic E-state index is 0.0889. The van der Waals surface area contributed by atoms with Crippen molar-refractivity contribution in [2.24, 2.45) is 5.73 Å². The number of nitrogen functional groups attached to an aromatic ring is 1. The highest BCUT2D eigenvalue weighted by atomic mass is 32.2. The molecule has 2 aromatic heterocycles. The van der Waals surface area contributed by atoms with Crippen LogP contribution in [0.3, 0.4) is 0 Å². The van der Waals surface area contributed by atoms with E-state index < -0.39 is 48.3 Å². The lowest BCUT2D eigenvalue weighted by molar-refractivity contribution is -0.0526. The van der Waals surface area contributed by atoms with Crippen molar-refractivity contribution in [2.75, 3.05) is 18.6 Å². The van der Waals surface area contributed by atoms with Crippen LogP contribution < -0.4 is 17.0 Å². The van der Waals surface area contributed by atoms with Crippen molar-refractivity contribution in [1.82, 2.24) is 19.5 Å². The molecule has 1 saturated heterocycles. The van der Waals surface area contributed by atoms with E-state index in [-0.39, 0.29) is 22.1 Å². The van der Waals surface area contributed by atoms with E-state index in [1.54, 1.807) is 6.26 Å². The van der Waals surface area contributed by atoms with Crippen molar-refractivity contribution in [2.45, 2.75) is 29.7 Å². The van der Waals surface area contributed by atoms with Gasteiger partial charge in [-0.1, -0.05) is 11.8 Å². The number of aliphatic hydroxyl groups excluding tert-OH is 3. The molecule has 7 N–H and O–H groups in total. The van der Waals surface area contributed by atoms with Crippen LogP contribution in [-0.2, 0) is 4.74 Å². The lowest BCUT2D eigenvalue weighted by Gasteiger charge is -2.20. The molecule has 2 aromatic rings. The highest BCUT2D eigenvalue weighted by molar-refractivity contribution is 7.98. The van der Waals surface area contributed by atoms with E-state index in [2.05, 4.69) is 15.0 Å². The van der Waals surface area contributed by atoms with Crippen molar-refractivity contribution in [3.05, 3.63) is 16.0 Å². The minimum Gasteiger partial charge on any atom is -0.394 e. The van der Waals surface area contributed by atoms with Crippen LogP contribution >= 0.6 is 11.8 Å². The second kappa shape index (κ2) is 6.77. The number of hydrogen-bond acceptors (Lipinski definition) is 11. The number of ether oxygens (including phenoxy) is 1. The zero-order chi connectivity index (χ0) is 19.2. The Balaban J connectivity index is 2.35. The molecule has 1 amide bonds. The summed E-state index contributed by atoms with van der Waals surface area (Å²) in [5, 5.41) is 29.7. The molecule has 13 heteroatoms. The van der Waals surface area contributed by atoms with Crippen LogP contribution in [0.5, 0.6) is 0 Å². The number of fused-ring (bicyclic) bond motifs is 1. The normalized spacial score (nSPS) is 25.7. The van der Waals surface area contributed by atoms with Crippen LogP contribution in [0.1, 0.15) is 16.7 Å². The second-order valence-corrected chi connectivity index (χ2v) is 6.27. The van der Waals surface area contributed by atoms with Crippen molar-refractivity contribution < 1.29 is 24.9 Å². The van der Waals surface area contributed by atoms with E-state index in [1.165, 1.54) is 0 Å². The van der Waals surface area contributed by atoms with Gasteiger partial charge >= 0.3 is 0 Å². The standard InChI is InChI=1S/C13H16N6O6S/c1-26-13-17-8(14)4-10(18-13)19(11(24)5(16-4)9(15)23)12-7(22)6(21)3(2-20)25-12/h3,6-7,12,20-22H,2H2,1H3,(H2,15,23)(H2,14,17,18)/t3?,6-,7-,12?/m1/s1. The Kier molecular flexibility index (Phi) is 4.81. The molecule has 2 unspecified atom stereocenters. The summed E-state index contributed by atoms with van der Waals surface area (Å²) in [7, 11) is 0. The third-order valence-electron chi connectivity index (χ3n) is 3.93. The molecule has 3 rings (SSSR count). The van der Waals surface area contributed by atoms with Crippen LogP contribution in [0.25, 0.3) is 11.2 Å². The lowest BCUT2D eigenvalue weighted by Crippen LogP contribution is -2.39. The van der Waals surface area contributed by atoms with Crippen LogP contribution in [-0.4, -0.2) is 71.9 Å². The maximum absolute atomic E-state index is 12.7. The predicted molar refractivity (Wildman–Crippen MR) is 89.3 cm³/mol. The lowest BCUT2D eigenvalue weighted by atomic mass is 10.1. The van der Waals surface area contributed by atoms with Gasteiger partial charge in [0, 0.05) is 0 Å². The molecule has 0 radical (unpaired) electrons. The molecule has 26 heavy (non-hydrogen) atoms. The molecule has 0 saturated carbocycles. The Morgan fingerprint density at radius 1 is 1.31 bits per heavy atom. The van der Waals surface area contributed by atoms with E-state index in [9.17, 15) is 24.9 Å². The van der Waals surface area contributed by atoms with Gasteiger partial charge in [-0.05, 0) is 6.26 Å².